The first-order valence-corrected chi connectivity index (χ1v) is 20.8. The molecule has 0 aliphatic carbocycles. The Bertz CT molecular complexity index is 1230. The number of rotatable bonds is 33. The summed E-state index contributed by atoms with van der Waals surface area (Å²) in [6.07, 6.45) is 49.0. The van der Waals surface area contributed by atoms with Crippen molar-refractivity contribution in [2.45, 2.75) is 135 Å². The van der Waals surface area contributed by atoms with Crippen LogP contribution in [0.4, 0.5) is 0 Å². The minimum atomic E-state index is -4.79. The number of ether oxygens (including phenoxy) is 2. The molecule has 0 aromatic carbocycles. The lowest BCUT2D eigenvalue weighted by molar-refractivity contribution is -0.161. The van der Waals surface area contributed by atoms with E-state index in [2.05, 4.69) is 84.4 Å². The van der Waals surface area contributed by atoms with Crippen molar-refractivity contribution in [2.24, 2.45) is 0 Å². The van der Waals surface area contributed by atoms with Gasteiger partial charge in [0.05, 0.1) is 12.7 Å². The van der Waals surface area contributed by atoms with Crippen LogP contribution in [-0.4, -0.2) is 52.3 Å². The second-order valence-corrected chi connectivity index (χ2v) is 13.6. The van der Waals surface area contributed by atoms with Crippen LogP contribution in [0.1, 0.15) is 123 Å². The van der Waals surface area contributed by atoms with E-state index in [4.69, 9.17) is 19.3 Å². The van der Waals surface area contributed by atoms with Gasteiger partial charge in [0.1, 0.15) is 6.61 Å². The van der Waals surface area contributed by atoms with Gasteiger partial charge in [0, 0.05) is 12.8 Å². The molecule has 0 aromatic heterocycles. The molecule has 0 unspecified atom stereocenters. The molecule has 3 N–H and O–H groups in total. The number of aliphatic hydroxyl groups excluding tert-OH is 1. The quantitative estimate of drug-likeness (QED) is 0.0196. The first-order chi connectivity index (χ1) is 25.7. The lowest BCUT2D eigenvalue weighted by atomic mass is 10.1. The summed E-state index contributed by atoms with van der Waals surface area (Å²) in [5.74, 6) is -1.01. The molecular weight excluding hydrogens is 691 g/mol. The van der Waals surface area contributed by atoms with Gasteiger partial charge in [-0.3, -0.25) is 14.1 Å². The predicted molar refractivity (Wildman–Crippen MR) is 217 cm³/mol. The Balaban J connectivity index is 4.16. The summed E-state index contributed by atoms with van der Waals surface area (Å²) < 4.78 is 26.2. The molecule has 0 saturated carbocycles. The van der Waals surface area contributed by atoms with Crippen LogP contribution >= 0.6 is 7.82 Å². The van der Waals surface area contributed by atoms with Crippen molar-refractivity contribution < 1.29 is 43.0 Å². The largest absolute Gasteiger partial charge is 0.469 e. The van der Waals surface area contributed by atoms with Crippen molar-refractivity contribution >= 4 is 19.8 Å². The average molecular weight is 759 g/mol. The zero-order chi connectivity index (χ0) is 39.1. The number of phosphoric ester groups is 1. The Hall–Kier alpha value is -3.33. The Labute approximate surface area is 319 Å². The van der Waals surface area contributed by atoms with Crippen LogP contribution < -0.4 is 0 Å². The second kappa shape index (κ2) is 37.0. The molecule has 0 fully saturated rings. The first-order valence-electron chi connectivity index (χ1n) is 19.3. The smallest absolute Gasteiger partial charge is 0.462 e. The van der Waals surface area contributed by atoms with E-state index >= 15 is 0 Å². The fourth-order valence-corrected chi connectivity index (χ4v) is 4.83. The summed E-state index contributed by atoms with van der Waals surface area (Å²) in [6, 6.07) is 0. The number of hydrogen-bond donors (Lipinski definition) is 3. The molecule has 0 amide bonds. The highest BCUT2D eigenvalue weighted by molar-refractivity contribution is 7.46. The van der Waals surface area contributed by atoms with Gasteiger partial charge in [-0.2, -0.15) is 0 Å². The van der Waals surface area contributed by atoms with Crippen molar-refractivity contribution in [1.82, 2.24) is 0 Å². The Morgan fingerprint density at radius 1 is 0.585 bits per heavy atom. The van der Waals surface area contributed by atoms with Gasteiger partial charge in [-0.15, -0.1) is 0 Å². The zero-order valence-electron chi connectivity index (χ0n) is 32.2. The maximum atomic E-state index is 12.4. The molecule has 0 heterocycles. The molecule has 2 atom stereocenters. The summed E-state index contributed by atoms with van der Waals surface area (Å²) in [4.78, 5) is 42.7. The van der Waals surface area contributed by atoms with Crippen LogP contribution in [0.3, 0.4) is 0 Å². The van der Waals surface area contributed by atoms with E-state index < -0.39 is 32.5 Å². The maximum Gasteiger partial charge on any atom is 0.469 e. The standard InChI is InChI=1S/C43H67O9P/c1-3-5-6-7-8-9-10-11-12-13-14-19-22-25-28-31-34-37-43(46)52-41(39-51-53(47,48)49)38-50-42(45)36-33-30-27-24-21-18-16-15-17-20-23-26-29-32-35-40(44)4-2/h5-6,8-9,11-12,14,16-20,24,26-27,29,32,35,40-41,44H,3-4,7,10,13,15,21-23,25,28,30-31,33-34,36-39H2,1-2H3,(H2,47,48,49)/b6-5-,9-8-,12-11-,18-16-,19-14-,20-17-,27-24-,29-26-,35-32+/t40-,41+/m0/s1. The number of unbranched alkanes of at least 4 members (excludes halogenated alkanes) is 5. The highest BCUT2D eigenvalue weighted by Crippen LogP contribution is 2.35. The molecule has 0 saturated heterocycles. The SMILES string of the molecule is CC/C=C\C/C=C\C/C=C\C/C=C\CCCCCCC(=O)O[C@H](COC(=O)CCC/C=C\C/C=C\C/C=C\C/C=C\C=C\[C@@H](O)CC)COP(=O)(O)O. The number of carbonyl (C=O) groups excluding carboxylic acids is 2. The van der Waals surface area contributed by atoms with Crippen molar-refractivity contribution in [2.75, 3.05) is 13.2 Å². The van der Waals surface area contributed by atoms with Crippen molar-refractivity contribution in [3.05, 3.63) is 109 Å². The highest BCUT2D eigenvalue weighted by atomic mass is 31.2. The number of hydrogen-bond acceptors (Lipinski definition) is 7. The van der Waals surface area contributed by atoms with E-state index in [0.29, 0.717) is 25.7 Å². The second-order valence-electron chi connectivity index (χ2n) is 12.3. The molecule has 0 rings (SSSR count). The number of aliphatic hydroxyl groups is 1. The van der Waals surface area contributed by atoms with Crippen LogP contribution in [-0.2, 0) is 28.2 Å². The number of allylic oxidation sites excluding steroid dienone is 17. The van der Waals surface area contributed by atoms with E-state index in [-0.39, 0.29) is 25.6 Å². The lowest BCUT2D eigenvalue weighted by Crippen LogP contribution is -2.29. The molecule has 0 aliphatic rings. The van der Waals surface area contributed by atoms with Crippen LogP contribution in [0.2, 0.25) is 0 Å². The molecule has 0 spiro atoms. The Morgan fingerprint density at radius 2 is 1.08 bits per heavy atom. The number of esters is 2. The average Bonchev–Trinajstić information content (AvgIpc) is 3.13. The van der Waals surface area contributed by atoms with Crippen molar-refractivity contribution in [3.63, 3.8) is 0 Å². The third-order valence-electron chi connectivity index (χ3n) is 7.44. The molecule has 9 nitrogen and oxygen atoms in total. The van der Waals surface area contributed by atoms with Crippen LogP contribution in [0, 0.1) is 0 Å². The third-order valence-corrected chi connectivity index (χ3v) is 7.93. The summed E-state index contributed by atoms with van der Waals surface area (Å²) >= 11 is 0. The monoisotopic (exact) mass is 758 g/mol. The van der Waals surface area contributed by atoms with Gasteiger partial charge < -0.3 is 24.4 Å². The molecule has 53 heavy (non-hydrogen) atoms. The van der Waals surface area contributed by atoms with Crippen LogP contribution in [0.25, 0.3) is 0 Å². The van der Waals surface area contributed by atoms with E-state index in [1.807, 2.05) is 37.3 Å². The molecule has 10 heteroatoms. The lowest BCUT2D eigenvalue weighted by Gasteiger charge is -2.18. The van der Waals surface area contributed by atoms with Crippen molar-refractivity contribution in [1.29, 1.82) is 0 Å². The third kappa shape index (κ3) is 39.7. The minimum Gasteiger partial charge on any atom is -0.462 e. The van der Waals surface area contributed by atoms with E-state index in [9.17, 15) is 19.3 Å². The summed E-state index contributed by atoms with van der Waals surface area (Å²) in [5.41, 5.74) is 0. The minimum absolute atomic E-state index is 0.157. The summed E-state index contributed by atoms with van der Waals surface area (Å²) in [6.45, 7) is 3.14. The number of carbonyl (C=O) groups is 2. The molecular formula is C43H67O9P. The number of phosphoric acid groups is 1. The molecule has 0 aromatic rings. The van der Waals surface area contributed by atoms with Gasteiger partial charge in [-0.1, -0.05) is 136 Å². The maximum absolute atomic E-state index is 12.4. The van der Waals surface area contributed by atoms with Gasteiger partial charge in [-0.25, -0.2) is 4.57 Å². The van der Waals surface area contributed by atoms with Gasteiger partial charge in [-0.05, 0) is 83.5 Å². The summed E-state index contributed by atoms with van der Waals surface area (Å²) in [5, 5.41) is 9.45. The van der Waals surface area contributed by atoms with E-state index in [1.54, 1.807) is 6.08 Å². The van der Waals surface area contributed by atoms with Crippen molar-refractivity contribution in [3.8, 4) is 0 Å². The van der Waals surface area contributed by atoms with Crippen LogP contribution in [0.15, 0.2) is 109 Å². The molecule has 298 valence electrons. The molecule has 0 aliphatic heterocycles. The normalized spacial score (nSPS) is 14.3. The topological polar surface area (TPSA) is 140 Å². The van der Waals surface area contributed by atoms with Gasteiger partial charge in [0.2, 0.25) is 0 Å². The fraction of sp³-hybridized carbons (Fsp3) is 0.535. The first kappa shape index (κ1) is 49.7. The van der Waals surface area contributed by atoms with Crippen LogP contribution in [0.5, 0.6) is 0 Å². The van der Waals surface area contributed by atoms with Gasteiger partial charge in [0.25, 0.3) is 0 Å². The fourth-order valence-electron chi connectivity index (χ4n) is 4.47. The molecule has 0 bridgehead atoms. The van der Waals surface area contributed by atoms with E-state index in [1.165, 1.54) is 0 Å². The predicted octanol–water partition coefficient (Wildman–Crippen LogP) is 10.6. The Morgan fingerprint density at radius 3 is 1.62 bits per heavy atom. The van der Waals surface area contributed by atoms with E-state index in [0.717, 1.165) is 70.6 Å². The Kier molecular flexibility index (Phi) is 34.7. The molecule has 0 radical (unpaired) electrons. The zero-order valence-corrected chi connectivity index (χ0v) is 33.1. The highest BCUT2D eigenvalue weighted by Gasteiger charge is 2.22. The van der Waals surface area contributed by atoms with Gasteiger partial charge >= 0.3 is 19.8 Å². The summed E-state index contributed by atoms with van der Waals surface area (Å²) in [7, 11) is -4.79. The van der Waals surface area contributed by atoms with Gasteiger partial charge in [0.15, 0.2) is 6.10 Å².